The molecule has 5 nitrogen and oxygen atoms in total. The molecule has 2 atom stereocenters. The van der Waals surface area contributed by atoms with Gasteiger partial charge in [-0.3, -0.25) is 0 Å². The Balaban J connectivity index is 3.07. The van der Waals surface area contributed by atoms with E-state index in [1.165, 1.54) is 0 Å². The molecule has 0 bridgehead atoms. The van der Waals surface area contributed by atoms with E-state index in [0.717, 1.165) is 38.3 Å². The van der Waals surface area contributed by atoms with Crippen molar-refractivity contribution >= 4 is 8.56 Å². The van der Waals surface area contributed by atoms with Crippen LogP contribution in [-0.2, 0) is 13.6 Å². The fraction of sp³-hybridized carbons (Fsp3) is 1.00. The first-order valence-corrected chi connectivity index (χ1v) is 9.27. The number of hydrogen-bond donors (Lipinski definition) is 2. The van der Waals surface area contributed by atoms with Crippen molar-refractivity contribution in [2.45, 2.75) is 49.9 Å². The lowest BCUT2D eigenvalue weighted by molar-refractivity contribution is -0.0354. The van der Waals surface area contributed by atoms with Crippen molar-refractivity contribution in [1.82, 2.24) is 5.32 Å². The first-order chi connectivity index (χ1) is 9.16. The molecule has 0 aromatic carbocycles. The van der Waals surface area contributed by atoms with Crippen LogP contribution >= 0.6 is 0 Å². The molecule has 0 amide bonds. The predicted octanol–water partition coefficient (Wildman–Crippen LogP) is 1.16. The Kier molecular flexibility index (Phi) is 6.92. The summed E-state index contributed by atoms with van der Waals surface area (Å²) in [5, 5.41) is 3.21. The molecule has 0 aromatic heterocycles. The molecule has 0 saturated carbocycles. The fourth-order valence-electron chi connectivity index (χ4n) is 3.52. The fourth-order valence-corrected chi connectivity index (χ4v) is 7.63. The molecule has 1 saturated heterocycles. The third kappa shape index (κ3) is 3.04. The highest BCUT2D eigenvalue weighted by molar-refractivity contribution is 6.71. The Morgan fingerprint density at radius 1 is 1.26 bits per heavy atom. The summed E-state index contributed by atoms with van der Waals surface area (Å²) in [5.41, 5.74) is 5.62. The standard InChI is InChI=1S/C13H30N2O3Si/c1-5-12(15-10-9-14)13(16-2)8-6-7-11-19(13,17-3)18-4/h12,15H,5-11,14H2,1-4H3. The van der Waals surface area contributed by atoms with E-state index in [2.05, 4.69) is 12.2 Å². The van der Waals surface area contributed by atoms with Gasteiger partial charge in [-0.15, -0.1) is 0 Å². The van der Waals surface area contributed by atoms with Gasteiger partial charge >= 0.3 is 8.56 Å². The van der Waals surface area contributed by atoms with E-state index in [1.54, 1.807) is 21.3 Å². The summed E-state index contributed by atoms with van der Waals surface area (Å²) in [6, 6.07) is 1.22. The van der Waals surface area contributed by atoms with Crippen molar-refractivity contribution in [3.63, 3.8) is 0 Å². The van der Waals surface area contributed by atoms with Crippen molar-refractivity contribution < 1.29 is 13.6 Å². The number of nitrogens with one attached hydrogen (secondary N) is 1. The van der Waals surface area contributed by atoms with Crippen LogP contribution in [0.25, 0.3) is 0 Å². The molecule has 0 aromatic rings. The molecule has 2 unspecified atom stereocenters. The number of methoxy groups -OCH3 is 1. The number of ether oxygens (including phenoxy) is 1. The molecule has 19 heavy (non-hydrogen) atoms. The highest BCUT2D eigenvalue weighted by Gasteiger charge is 2.62. The van der Waals surface area contributed by atoms with Crippen LogP contribution in [0, 0.1) is 0 Å². The lowest BCUT2D eigenvalue weighted by Gasteiger charge is -2.51. The Bertz CT molecular complexity index is 264. The molecular weight excluding hydrogens is 260 g/mol. The van der Waals surface area contributed by atoms with Crippen LogP contribution in [-0.4, -0.2) is 54.2 Å². The normalized spacial score (nSPS) is 28.3. The van der Waals surface area contributed by atoms with Gasteiger partial charge < -0.3 is 24.6 Å². The average Bonchev–Trinajstić information content (AvgIpc) is 2.48. The van der Waals surface area contributed by atoms with Gasteiger partial charge in [-0.05, 0) is 18.9 Å². The second kappa shape index (κ2) is 7.71. The Morgan fingerprint density at radius 2 is 1.95 bits per heavy atom. The SMILES string of the molecule is CCC(NCCN)C1(OC)CCCC[Si]1(OC)OC. The van der Waals surface area contributed by atoms with Crippen molar-refractivity contribution in [1.29, 1.82) is 0 Å². The second-order valence-electron chi connectivity index (χ2n) is 5.17. The first kappa shape index (κ1) is 17.1. The minimum Gasteiger partial charge on any atom is -0.396 e. The van der Waals surface area contributed by atoms with E-state index < -0.39 is 8.56 Å². The molecule has 0 radical (unpaired) electrons. The quantitative estimate of drug-likeness (QED) is 0.657. The molecule has 1 aliphatic heterocycles. The third-order valence-corrected chi connectivity index (χ3v) is 8.90. The molecule has 3 N–H and O–H groups in total. The molecule has 0 spiro atoms. The van der Waals surface area contributed by atoms with Gasteiger partial charge in [0, 0.05) is 40.5 Å². The van der Waals surface area contributed by atoms with Gasteiger partial charge in [0.15, 0.2) is 0 Å². The van der Waals surface area contributed by atoms with E-state index in [4.69, 9.17) is 19.3 Å². The van der Waals surface area contributed by atoms with Crippen LogP contribution in [0.3, 0.4) is 0 Å². The number of hydrogen-bond acceptors (Lipinski definition) is 5. The molecule has 1 heterocycles. The van der Waals surface area contributed by atoms with Gasteiger partial charge in [0.05, 0.1) is 0 Å². The topological polar surface area (TPSA) is 65.7 Å². The molecule has 114 valence electrons. The summed E-state index contributed by atoms with van der Waals surface area (Å²) in [7, 11) is 2.96. The van der Waals surface area contributed by atoms with Crippen molar-refractivity contribution in [3.8, 4) is 0 Å². The smallest absolute Gasteiger partial charge is 0.372 e. The summed E-state index contributed by atoms with van der Waals surface area (Å²) >= 11 is 0. The minimum atomic E-state index is -2.37. The molecule has 1 fully saturated rings. The largest absolute Gasteiger partial charge is 0.396 e. The van der Waals surface area contributed by atoms with E-state index in [0.29, 0.717) is 6.54 Å². The maximum absolute atomic E-state index is 6.04. The lowest BCUT2D eigenvalue weighted by atomic mass is 10.0. The van der Waals surface area contributed by atoms with Gasteiger partial charge in [-0.2, -0.15) is 0 Å². The van der Waals surface area contributed by atoms with Crippen molar-refractivity contribution in [3.05, 3.63) is 0 Å². The summed E-state index contributed by atoms with van der Waals surface area (Å²) in [6.45, 7) is 3.60. The van der Waals surface area contributed by atoms with E-state index in [-0.39, 0.29) is 11.3 Å². The van der Waals surface area contributed by atoms with Crippen LogP contribution < -0.4 is 11.1 Å². The van der Waals surface area contributed by atoms with Gasteiger partial charge in [-0.25, -0.2) is 0 Å². The van der Waals surface area contributed by atoms with Gasteiger partial charge in [0.1, 0.15) is 5.22 Å². The molecule has 0 aliphatic carbocycles. The number of nitrogens with two attached hydrogens (primary N) is 1. The van der Waals surface area contributed by atoms with Crippen LogP contribution in [0.15, 0.2) is 0 Å². The molecule has 1 aliphatic rings. The summed E-state index contributed by atoms with van der Waals surface area (Å²) in [5.74, 6) is 0. The van der Waals surface area contributed by atoms with Crippen molar-refractivity contribution in [2.24, 2.45) is 5.73 Å². The van der Waals surface area contributed by atoms with Crippen LogP contribution in [0.1, 0.15) is 32.6 Å². The van der Waals surface area contributed by atoms with E-state index in [1.807, 2.05) is 0 Å². The zero-order valence-electron chi connectivity index (χ0n) is 12.8. The second-order valence-corrected chi connectivity index (χ2v) is 8.83. The third-order valence-electron chi connectivity index (χ3n) is 4.48. The monoisotopic (exact) mass is 290 g/mol. The molecule has 6 heteroatoms. The van der Waals surface area contributed by atoms with Crippen molar-refractivity contribution in [2.75, 3.05) is 34.4 Å². The Labute approximate surface area is 118 Å². The first-order valence-electron chi connectivity index (χ1n) is 7.25. The highest BCUT2D eigenvalue weighted by atomic mass is 28.4. The highest BCUT2D eigenvalue weighted by Crippen LogP contribution is 2.42. The lowest BCUT2D eigenvalue weighted by Crippen LogP contribution is -2.72. The maximum atomic E-state index is 6.04. The molecule has 1 rings (SSSR count). The summed E-state index contributed by atoms with van der Waals surface area (Å²) < 4.78 is 17.9. The van der Waals surface area contributed by atoms with Crippen LogP contribution in [0.2, 0.25) is 6.04 Å². The van der Waals surface area contributed by atoms with Gasteiger partial charge in [0.25, 0.3) is 0 Å². The van der Waals surface area contributed by atoms with Crippen LogP contribution in [0.5, 0.6) is 0 Å². The summed E-state index contributed by atoms with van der Waals surface area (Å²) in [6.07, 6.45) is 4.30. The van der Waals surface area contributed by atoms with Gasteiger partial charge in [0.2, 0.25) is 0 Å². The zero-order valence-corrected chi connectivity index (χ0v) is 13.8. The predicted molar refractivity (Wildman–Crippen MR) is 79.3 cm³/mol. The van der Waals surface area contributed by atoms with E-state index in [9.17, 15) is 0 Å². The minimum absolute atomic E-state index is 0.230. The zero-order chi connectivity index (χ0) is 14.4. The van der Waals surface area contributed by atoms with Crippen LogP contribution in [0.4, 0.5) is 0 Å². The Morgan fingerprint density at radius 3 is 2.42 bits per heavy atom. The average molecular weight is 290 g/mol. The van der Waals surface area contributed by atoms with E-state index >= 15 is 0 Å². The van der Waals surface area contributed by atoms with Gasteiger partial charge in [-0.1, -0.05) is 19.8 Å². The summed E-state index contributed by atoms with van der Waals surface area (Å²) in [4.78, 5) is 0. The molecular formula is C13H30N2O3Si. The maximum Gasteiger partial charge on any atom is 0.372 e. The Hall–Kier alpha value is 0.0169. The number of rotatable bonds is 8.